The largest absolute Gasteiger partial charge is 0.490 e. The molecular formula is C25H23ClF6N2O5S. The van der Waals surface area contributed by atoms with Gasteiger partial charge in [-0.05, 0) is 48.6 Å². The van der Waals surface area contributed by atoms with Crippen LogP contribution < -0.4 is 10.6 Å². The number of alkyl halides is 6. The van der Waals surface area contributed by atoms with Crippen molar-refractivity contribution in [2.24, 2.45) is 5.92 Å². The molecule has 218 valence electrons. The monoisotopic (exact) mass is 612 g/mol. The Bertz CT molecular complexity index is 1380. The quantitative estimate of drug-likeness (QED) is 0.327. The number of halogens is 7. The first-order valence-corrected chi connectivity index (χ1v) is 14.1. The number of ether oxygens (including phenoxy) is 1. The molecule has 0 bridgehead atoms. The molecule has 1 saturated carbocycles. The molecule has 2 aliphatic rings. The highest BCUT2D eigenvalue weighted by atomic mass is 35.5. The summed E-state index contributed by atoms with van der Waals surface area (Å²) in [6.07, 6.45) is -9.82. The predicted molar refractivity (Wildman–Crippen MR) is 130 cm³/mol. The molecule has 1 aliphatic heterocycles. The van der Waals surface area contributed by atoms with Gasteiger partial charge in [-0.3, -0.25) is 4.79 Å². The van der Waals surface area contributed by atoms with Crippen LogP contribution in [0.15, 0.2) is 47.4 Å². The van der Waals surface area contributed by atoms with Gasteiger partial charge in [-0.15, -0.1) is 0 Å². The second-order valence-corrected chi connectivity index (χ2v) is 12.1. The van der Waals surface area contributed by atoms with E-state index in [0.717, 1.165) is 25.0 Å². The van der Waals surface area contributed by atoms with Gasteiger partial charge in [0.25, 0.3) is 5.91 Å². The molecule has 2 aromatic carbocycles. The third-order valence-corrected chi connectivity index (χ3v) is 8.93. The molecular weight excluding hydrogens is 590 g/mol. The molecule has 1 heterocycles. The van der Waals surface area contributed by atoms with Crippen molar-refractivity contribution in [3.05, 3.63) is 64.2 Å². The Hall–Kier alpha value is -2.84. The van der Waals surface area contributed by atoms with Gasteiger partial charge in [0.2, 0.25) is 0 Å². The summed E-state index contributed by atoms with van der Waals surface area (Å²) in [5.74, 6) is -3.32. The predicted octanol–water partition coefficient (Wildman–Crippen LogP) is 4.85. The summed E-state index contributed by atoms with van der Waals surface area (Å²) >= 11 is 5.89. The van der Waals surface area contributed by atoms with Crippen molar-refractivity contribution in [3.8, 4) is 0 Å². The van der Waals surface area contributed by atoms with E-state index in [4.69, 9.17) is 11.6 Å². The van der Waals surface area contributed by atoms with Crippen molar-refractivity contribution < 1.29 is 49.1 Å². The minimum atomic E-state index is -5.21. The van der Waals surface area contributed by atoms with Crippen LogP contribution in [0.3, 0.4) is 0 Å². The Balaban J connectivity index is 1.61. The third-order valence-electron chi connectivity index (χ3n) is 6.62. The Morgan fingerprint density at radius 3 is 2.27 bits per heavy atom. The van der Waals surface area contributed by atoms with Crippen LogP contribution in [0.25, 0.3) is 0 Å². The van der Waals surface area contributed by atoms with Gasteiger partial charge >= 0.3 is 18.3 Å². The molecule has 7 nitrogen and oxygen atoms in total. The molecule has 4 rings (SSSR count). The average molecular weight is 613 g/mol. The maximum Gasteiger partial charge on any atom is 0.490 e. The lowest BCUT2D eigenvalue weighted by Gasteiger charge is -2.26. The maximum absolute atomic E-state index is 13.3. The fourth-order valence-electron chi connectivity index (χ4n) is 4.43. The first-order valence-electron chi connectivity index (χ1n) is 12.1. The molecule has 3 atom stereocenters. The smallest absolute Gasteiger partial charge is 0.454 e. The lowest BCUT2D eigenvalue weighted by atomic mass is 9.96. The minimum absolute atomic E-state index is 0.0169. The Morgan fingerprint density at radius 2 is 1.70 bits per heavy atom. The second kappa shape index (κ2) is 11.2. The van der Waals surface area contributed by atoms with Crippen LogP contribution in [-0.4, -0.2) is 50.9 Å². The SMILES string of the molecule is O=C(NC(c1ccc(S(=O)(=O)CC2CC2)cc1)[C@@H]1C[C@@H](OC(=O)C(F)(F)F)CN1)c1cccc(C(F)(F)F)c1Cl. The number of sulfone groups is 1. The van der Waals surface area contributed by atoms with Crippen LogP contribution >= 0.6 is 11.6 Å². The van der Waals surface area contributed by atoms with E-state index in [1.807, 2.05) is 0 Å². The lowest BCUT2D eigenvalue weighted by Crippen LogP contribution is -2.41. The Morgan fingerprint density at radius 1 is 1.05 bits per heavy atom. The van der Waals surface area contributed by atoms with Crippen LogP contribution in [0.2, 0.25) is 5.02 Å². The zero-order chi connectivity index (χ0) is 29.5. The van der Waals surface area contributed by atoms with E-state index in [0.29, 0.717) is 11.6 Å². The number of carbonyl (C=O) groups is 2. The normalized spacial score (nSPS) is 20.7. The number of hydrogen-bond acceptors (Lipinski definition) is 6. The van der Waals surface area contributed by atoms with Gasteiger partial charge in [-0.2, -0.15) is 26.3 Å². The number of amides is 1. The molecule has 40 heavy (non-hydrogen) atoms. The summed E-state index contributed by atoms with van der Waals surface area (Å²) in [6.45, 7) is -0.197. The minimum Gasteiger partial charge on any atom is -0.454 e. The van der Waals surface area contributed by atoms with E-state index in [1.54, 1.807) is 0 Å². The van der Waals surface area contributed by atoms with Crippen molar-refractivity contribution in [2.75, 3.05) is 12.3 Å². The number of rotatable bonds is 8. The number of nitrogens with one attached hydrogen (secondary N) is 2. The van der Waals surface area contributed by atoms with Gasteiger partial charge in [0.1, 0.15) is 6.10 Å². The van der Waals surface area contributed by atoms with E-state index in [2.05, 4.69) is 15.4 Å². The molecule has 1 amide bonds. The lowest BCUT2D eigenvalue weighted by molar-refractivity contribution is -0.204. The summed E-state index contributed by atoms with van der Waals surface area (Å²) in [6, 6.07) is 6.30. The van der Waals surface area contributed by atoms with Gasteiger partial charge < -0.3 is 15.4 Å². The van der Waals surface area contributed by atoms with Gasteiger partial charge in [0.05, 0.1) is 32.8 Å². The highest BCUT2D eigenvalue weighted by Crippen LogP contribution is 2.37. The van der Waals surface area contributed by atoms with Gasteiger partial charge in [0, 0.05) is 19.0 Å². The van der Waals surface area contributed by atoms with Crippen molar-refractivity contribution in [1.82, 2.24) is 10.6 Å². The van der Waals surface area contributed by atoms with Crippen molar-refractivity contribution >= 4 is 33.3 Å². The van der Waals surface area contributed by atoms with E-state index in [9.17, 15) is 44.3 Å². The van der Waals surface area contributed by atoms with Crippen LogP contribution in [0.5, 0.6) is 0 Å². The number of hydrogen-bond donors (Lipinski definition) is 2. The van der Waals surface area contributed by atoms with Crippen LogP contribution in [-0.2, 0) is 25.5 Å². The first-order chi connectivity index (χ1) is 18.6. The van der Waals surface area contributed by atoms with Crippen molar-refractivity contribution in [1.29, 1.82) is 0 Å². The Labute approximate surface area is 230 Å². The standard InChI is InChI=1S/C25H23ClF6N2O5S/c26-20-17(2-1-3-18(20)24(27,28)29)22(35)34-21(19-10-15(11-33-19)39-23(36)25(30,31)32)14-6-8-16(9-7-14)40(37,38)12-13-4-5-13/h1-3,6-9,13,15,19,21,33H,4-5,10-12H2,(H,34,35)/t15-,19+,21?/m1/s1. The summed E-state index contributed by atoms with van der Waals surface area (Å²) in [5.41, 5.74) is -1.42. The zero-order valence-electron chi connectivity index (χ0n) is 20.5. The number of esters is 1. The van der Waals surface area contributed by atoms with Crippen molar-refractivity contribution in [2.45, 2.75) is 54.7 Å². The fraction of sp³-hybridized carbons (Fsp3) is 0.440. The summed E-state index contributed by atoms with van der Waals surface area (Å²) in [5, 5.41) is 4.56. The molecule has 1 aliphatic carbocycles. The van der Waals surface area contributed by atoms with Gasteiger partial charge in [-0.1, -0.05) is 29.8 Å². The fourth-order valence-corrected chi connectivity index (χ4v) is 6.45. The summed E-state index contributed by atoms with van der Waals surface area (Å²) < 4.78 is 108. The number of benzene rings is 2. The van der Waals surface area contributed by atoms with Crippen LogP contribution in [0.1, 0.15) is 46.8 Å². The molecule has 2 aromatic rings. The van der Waals surface area contributed by atoms with E-state index in [-0.39, 0.29) is 29.5 Å². The zero-order valence-corrected chi connectivity index (χ0v) is 22.1. The molecule has 0 aromatic heterocycles. The molecule has 1 unspecified atom stereocenters. The first kappa shape index (κ1) is 30.1. The highest BCUT2D eigenvalue weighted by Gasteiger charge is 2.44. The highest BCUT2D eigenvalue weighted by molar-refractivity contribution is 7.91. The number of carbonyl (C=O) groups excluding carboxylic acids is 2. The molecule has 2 fully saturated rings. The molecule has 0 radical (unpaired) electrons. The van der Waals surface area contributed by atoms with E-state index in [1.165, 1.54) is 24.3 Å². The molecule has 1 saturated heterocycles. The topological polar surface area (TPSA) is 102 Å². The van der Waals surface area contributed by atoms with Gasteiger partial charge in [0.15, 0.2) is 9.84 Å². The maximum atomic E-state index is 13.3. The van der Waals surface area contributed by atoms with E-state index < -0.39 is 68.4 Å². The van der Waals surface area contributed by atoms with Crippen molar-refractivity contribution in [3.63, 3.8) is 0 Å². The third kappa shape index (κ3) is 7.07. The summed E-state index contributed by atoms with van der Waals surface area (Å²) in [4.78, 5) is 24.4. The molecule has 0 spiro atoms. The Kier molecular flexibility index (Phi) is 8.44. The molecule has 2 N–H and O–H groups in total. The summed E-state index contributed by atoms with van der Waals surface area (Å²) in [7, 11) is -3.58. The molecule has 15 heteroatoms. The van der Waals surface area contributed by atoms with Gasteiger partial charge in [-0.25, -0.2) is 13.2 Å². The second-order valence-electron chi connectivity index (χ2n) is 9.69. The van der Waals surface area contributed by atoms with E-state index >= 15 is 0 Å². The van der Waals surface area contributed by atoms with Crippen LogP contribution in [0.4, 0.5) is 26.3 Å². The van der Waals surface area contributed by atoms with Crippen LogP contribution in [0, 0.1) is 5.92 Å². The average Bonchev–Trinajstić information content (AvgIpc) is 3.54.